The number of nitrogen functional groups attached to an aromatic ring is 1. The van der Waals surface area contributed by atoms with Gasteiger partial charge in [-0.15, -0.1) is 4.91 Å². The quantitative estimate of drug-likeness (QED) is 0.456. The summed E-state index contributed by atoms with van der Waals surface area (Å²) in [6, 6.07) is 9.08. The number of rotatable bonds is 4. The lowest BCUT2D eigenvalue weighted by Crippen LogP contribution is -2.41. The van der Waals surface area contributed by atoms with Crippen LogP contribution >= 0.6 is 11.6 Å². The molecule has 0 spiro atoms. The summed E-state index contributed by atoms with van der Waals surface area (Å²) < 4.78 is 0. The van der Waals surface area contributed by atoms with E-state index in [1.54, 1.807) is 0 Å². The van der Waals surface area contributed by atoms with Crippen LogP contribution in [0.4, 0.5) is 11.5 Å². The Balaban J connectivity index is 1.91. The van der Waals surface area contributed by atoms with E-state index in [2.05, 4.69) is 21.0 Å². The summed E-state index contributed by atoms with van der Waals surface area (Å²) in [5.74, 6) is 0.208. The van der Waals surface area contributed by atoms with Crippen molar-refractivity contribution in [2.24, 2.45) is 5.29 Å². The normalized spacial score (nSPS) is 16.6. The largest absolute Gasteiger partial charge is 0.396 e. The molecule has 1 saturated heterocycles. The first kappa shape index (κ1) is 14.3. The zero-order valence-corrected chi connectivity index (χ0v) is 12.1. The molecule has 8 heteroatoms. The van der Waals surface area contributed by atoms with Gasteiger partial charge in [-0.05, 0) is 11.6 Å². The minimum absolute atomic E-state index is 0.0504. The number of nitrogens with zero attached hydrogens (tertiary/aromatic N) is 2. The van der Waals surface area contributed by atoms with Crippen LogP contribution in [0, 0.1) is 4.91 Å². The molecule has 4 N–H and O–H groups in total. The molecule has 2 aromatic rings. The zero-order chi connectivity index (χ0) is 15.7. The second-order valence-corrected chi connectivity index (χ2v) is 5.31. The summed E-state index contributed by atoms with van der Waals surface area (Å²) >= 11 is 6.16. The minimum Gasteiger partial charge on any atom is -0.396 e. The van der Waals surface area contributed by atoms with E-state index >= 15 is 0 Å². The van der Waals surface area contributed by atoms with Crippen LogP contribution < -0.4 is 16.5 Å². The number of nitrogens with two attached hydrogens (primary N) is 1. The number of carbonyl (C=O) groups is 1. The third kappa shape index (κ3) is 2.58. The Hall–Kier alpha value is -2.67. The highest BCUT2D eigenvalue weighted by Gasteiger charge is 2.26. The Kier molecular flexibility index (Phi) is 3.64. The summed E-state index contributed by atoms with van der Waals surface area (Å²) in [6.07, 6.45) is 0.499. The number of hydrogen-bond acceptors (Lipinski definition) is 5. The van der Waals surface area contributed by atoms with Gasteiger partial charge in [0.25, 0.3) is 0 Å². The minimum atomic E-state index is 0.0504. The number of anilines is 2. The van der Waals surface area contributed by atoms with Gasteiger partial charge in [0.1, 0.15) is 0 Å². The van der Waals surface area contributed by atoms with E-state index in [0.717, 1.165) is 11.1 Å². The molecule has 2 heterocycles. The van der Waals surface area contributed by atoms with Gasteiger partial charge >= 0.3 is 0 Å². The molecule has 7 nitrogen and oxygen atoms in total. The van der Waals surface area contributed by atoms with Crippen LogP contribution in [0.1, 0.15) is 18.0 Å². The summed E-state index contributed by atoms with van der Waals surface area (Å²) in [7, 11) is 0. The molecule has 0 aliphatic carbocycles. The molecule has 0 saturated carbocycles. The number of nitroso groups, excluding NO2 is 1. The summed E-state index contributed by atoms with van der Waals surface area (Å²) in [5, 5.41) is 5.75. The van der Waals surface area contributed by atoms with Crippen LogP contribution in [0.3, 0.4) is 0 Å². The molecule has 112 valence electrons. The molecule has 3 rings (SSSR count). The van der Waals surface area contributed by atoms with E-state index in [1.807, 2.05) is 24.3 Å². The fourth-order valence-electron chi connectivity index (χ4n) is 2.27. The van der Waals surface area contributed by atoms with Crippen molar-refractivity contribution < 1.29 is 4.79 Å². The Morgan fingerprint density at radius 2 is 2.05 bits per heavy atom. The van der Waals surface area contributed by atoms with Crippen molar-refractivity contribution in [1.29, 1.82) is 0 Å². The van der Waals surface area contributed by atoms with Gasteiger partial charge in [-0.3, -0.25) is 4.79 Å². The molecule has 0 bridgehead atoms. The Labute approximate surface area is 130 Å². The highest BCUT2D eigenvalue weighted by molar-refractivity contribution is 6.33. The van der Waals surface area contributed by atoms with E-state index in [1.165, 1.54) is 6.07 Å². The molecular formula is C14H12ClN5O2. The van der Waals surface area contributed by atoms with Crippen LogP contribution in [0.15, 0.2) is 35.6 Å². The number of pyridine rings is 1. The van der Waals surface area contributed by atoms with Crippen molar-refractivity contribution in [2.75, 3.05) is 11.2 Å². The zero-order valence-electron chi connectivity index (χ0n) is 11.3. The van der Waals surface area contributed by atoms with Crippen molar-refractivity contribution in [3.63, 3.8) is 0 Å². The summed E-state index contributed by atoms with van der Waals surface area (Å²) in [4.78, 5) is 25.5. The SMILES string of the molecule is Nc1cc(Cl)c(-c2ccc(C3CC(=O)N3)cc2)nc1NN=O. The van der Waals surface area contributed by atoms with Crippen LogP contribution in [0.2, 0.25) is 5.02 Å². The molecule has 1 aliphatic heterocycles. The van der Waals surface area contributed by atoms with Gasteiger partial charge in [0, 0.05) is 5.56 Å². The van der Waals surface area contributed by atoms with Gasteiger partial charge in [-0.2, -0.15) is 0 Å². The monoisotopic (exact) mass is 317 g/mol. The van der Waals surface area contributed by atoms with Crippen LogP contribution in [0.5, 0.6) is 0 Å². The van der Waals surface area contributed by atoms with Gasteiger partial charge in [-0.1, -0.05) is 35.9 Å². The number of nitrogens with one attached hydrogen (secondary N) is 2. The number of aromatic nitrogens is 1. The summed E-state index contributed by atoms with van der Waals surface area (Å²) in [6.45, 7) is 0. The molecule has 1 aromatic carbocycles. The number of halogens is 1. The molecular weight excluding hydrogens is 306 g/mol. The molecule has 1 atom stereocenters. The van der Waals surface area contributed by atoms with E-state index < -0.39 is 0 Å². The van der Waals surface area contributed by atoms with E-state index in [0.29, 0.717) is 17.1 Å². The van der Waals surface area contributed by atoms with Gasteiger partial charge in [-0.25, -0.2) is 10.4 Å². The number of benzene rings is 1. The van der Waals surface area contributed by atoms with E-state index in [4.69, 9.17) is 17.3 Å². The molecule has 22 heavy (non-hydrogen) atoms. The van der Waals surface area contributed by atoms with Crippen molar-refractivity contribution in [2.45, 2.75) is 12.5 Å². The van der Waals surface area contributed by atoms with Crippen molar-refractivity contribution in [1.82, 2.24) is 10.3 Å². The van der Waals surface area contributed by atoms with Crippen LogP contribution in [-0.4, -0.2) is 10.9 Å². The van der Waals surface area contributed by atoms with Crippen LogP contribution in [0.25, 0.3) is 11.3 Å². The van der Waals surface area contributed by atoms with Crippen LogP contribution in [-0.2, 0) is 4.79 Å². The summed E-state index contributed by atoms with van der Waals surface area (Å²) in [5.41, 5.74) is 10.4. The third-order valence-corrected chi connectivity index (χ3v) is 3.76. The fourth-order valence-corrected chi connectivity index (χ4v) is 2.54. The van der Waals surface area contributed by atoms with Gasteiger partial charge < -0.3 is 11.1 Å². The number of hydrogen-bond donors (Lipinski definition) is 3. The average molecular weight is 318 g/mol. The first-order valence-corrected chi connectivity index (χ1v) is 6.90. The standard InChI is InChI=1S/C14H12ClN5O2/c15-9-5-10(16)14(19-20-22)18-13(9)8-3-1-7(2-4-8)11-6-12(21)17-11/h1-5,11H,6,16H2,(H,17,21)(H,18,19,22). The number of carbonyl (C=O) groups excluding carboxylic acids is 1. The lowest BCUT2D eigenvalue weighted by atomic mass is 9.96. The Morgan fingerprint density at radius 1 is 1.36 bits per heavy atom. The molecule has 1 amide bonds. The first-order chi connectivity index (χ1) is 10.6. The predicted molar refractivity (Wildman–Crippen MR) is 84.0 cm³/mol. The topological polar surface area (TPSA) is 109 Å². The maximum Gasteiger partial charge on any atom is 0.222 e. The molecule has 1 fully saturated rings. The number of amides is 1. The second-order valence-electron chi connectivity index (χ2n) is 4.91. The second kappa shape index (κ2) is 5.61. The Morgan fingerprint density at radius 3 is 2.64 bits per heavy atom. The number of β-lactam (4-membered cyclic amide) rings is 1. The van der Waals surface area contributed by atoms with E-state index in [-0.39, 0.29) is 23.5 Å². The highest BCUT2D eigenvalue weighted by atomic mass is 35.5. The maximum absolute atomic E-state index is 11.0. The fraction of sp³-hybridized carbons (Fsp3) is 0.143. The predicted octanol–water partition coefficient (Wildman–Crippen LogP) is 2.64. The average Bonchev–Trinajstić information content (AvgIpc) is 2.47. The lowest BCUT2D eigenvalue weighted by molar-refractivity contribution is -0.128. The molecule has 1 unspecified atom stereocenters. The van der Waals surface area contributed by atoms with Crippen molar-refractivity contribution in [3.05, 3.63) is 45.8 Å². The first-order valence-electron chi connectivity index (χ1n) is 6.52. The lowest BCUT2D eigenvalue weighted by Gasteiger charge is -2.27. The van der Waals surface area contributed by atoms with Gasteiger partial charge in [0.15, 0.2) is 5.82 Å². The van der Waals surface area contributed by atoms with Crippen molar-refractivity contribution in [3.8, 4) is 11.3 Å². The Bertz CT molecular complexity index is 740. The van der Waals surface area contributed by atoms with Gasteiger partial charge in [0.2, 0.25) is 5.91 Å². The maximum atomic E-state index is 11.0. The highest BCUT2D eigenvalue weighted by Crippen LogP contribution is 2.32. The molecule has 0 radical (unpaired) electrons. The van der Waals surface area contributed by atoms with Gasteiger partial charge in [0.05, 0.1) is 34.2 Å². The smallest absolute Gasteiger partial charge is 0.222 e. The third-order valence-electron chi connectivity index (χ3n) is 3.47. The molecule has 1 aliphatic rings. The van der Waals surface area contributed by atoms with E-state index in [9.17, 15) is 9.70 Å². The molecule has 1 aromatic heterocycles. The van der Waals surface area contributed by atoms with Crippen molar-refractivity contribution >= 4 is 29.0 Å².